The van der Waals surface area contributed by atoms with E-state index in [1.807, 2.05) is 36.5 Å². The number of aromatic nitrogens is 2. The molecule has 1 amide bonds. The van der Waals surface area contributed by atoms with Crippen LogP contribution >= 0.6 is 0 Å². The van der Waals surface area contributed by atoms with Crippen LogP contribution in [0.15, 0.2) is 72.3 Å². The van der Waals surface area contributed by atoms with Crippen molar-refractivity contribution in [2.24, 2.45) is 10.9 Å². The Balaban J connectivity index is 1.29. The molecule has 0 radical (unpaired) electrons. The van der Waals surface area contributed by atoms with Crippen molar-refractivity contribution in [3.63, 3.8) is 0 Å². The van der Waals surface area contributed by atoms with Crippen molar-refractivity contribution >= 4 is 28.2 Å². The molecule has 0 unspecified atom stereocenters. The second-order valence-corrected chi connectivity index (χ2v) is 7.71. The molecule has 0 spiro atoms. The lowest BCUT2D eigenvalue weighted by Gasteiger charge is -2.13. The Morgan fingerprint density at radius 1 is 1.12 bits per heavy atom. The maximum absolute atomic E-state index is 11.9. The Labute approximate surface area is 183 Å². The number of para-hydroxylation sites is 1. The second-order valence-electron chi connectivity index (χ2n) is 7.71. The zero-order valence-electron chi connectivity index (χ0n) is 17.1. The van der Waals surface area contributed by atoms with Crippen LogP contribution in [0.2, 0.25) is 0 Å². The monoisotopic (exact) mass is 427 g/mol. The van der Waals surface area contributed by atoms with Crippen LogP contribution in [0.25, 0.3) is 22.0 Å². The lowest BCUT2D eigenvalue weighted by molar-refractivity contribution is -0.110. The number of oxime groups is 1. The molecule has 1 aliphatic rings. The number of aromatic amines is 1. The zero-order chi connectivity index (χ0) is 22.1. The number of anilines is 1. The molecule has 2 aromatic heterocycles. The van der Waals surface area contributed by atoms with Gasteiger partial charge in [-0.2, -0.15) is 0 Å². The van der Waals surface area contributed by atoms with Crippen LogP contribution in [0.4, 0.5) is 5.69 Å². The lowest BCUT2D eigenvalue weighted by Crippen LogP contribution is -2.30. The first-order valence-corrected chi connectivity index (χ1v) is 10.2. The van der Waals surface area contributed by atoms with E-state index in [9.17, 15) is 4.79 Å². The fraction of sp³-hybridized carbons (Fsp3) is 0.125. The molecular formula is C24H21N5O3. The number of carbonyl (C=O) groups is 1. The molecule has 0 fully saturated rings. The number of benzene rings is 2. The van der Waals surface area contributed by atoms with Crippen molar-refractivity contribution in [1.82, 2.24) is 9.97 Å². The SMILES string of the molecule is N[C@@H](COc1cncc(-c2ccc3c(c2)C(=NO)C(=O)N3)c1)Cc1c[nH]c2ccccc12. The van der Waals surface area contributed by atoms with E-state index in [1.165, 1.54) is 5.39 Å². The second kappa shape index (κ2) is 8.16. The number of nitrogens with zero attached hydrogens (tertiary/aromatic N) is 2. The number of ether oxygens (including phenoxy) is 1. The summed E-state index contributed by atoms with van der Waals surface area (Å²) in [5.74, 6) is 0.168. The minimum atomic E-state index is -0.431. The number of nitrogens with two attached hydrogens (primary N) is 1. The van der Waals surface area contributed by atoms with Crippen molar-refractivity contribution in [3.8, 4) is 16.9 Å². The third kappa shape index (κ3) is 3.67. The highest BCUT2D eigenvalue weighted by atomic mass is 16.5. The number of hydrogen-bond donors (Lipinski definition) is 4. The van der Waals surface area contributed by atoms with Gasteiger partial charge >= 0.3 is 0 Å². The van der Waals surface area contributed by atoms with E-state index in [0.29, 0.717) is 30.0 Å². The van der Waals surface area contributed by atoms with Crippen molar-refractivity contribution < 1.29 is 14.7 Å². The van der Waals surface area contributed by atoms with Gasteiger partial charge in [0, 0.05) is 40.5 Å². The first-order valence-electron chi connectivity index (χ1n) is 10.2. The summed E-state index contributed by atoms with van der Waals surface area (Å²) in [6.07, 6.45) is 6.03. The summed E-state index contributed by atoms with van der Waals surface area (Å²) in [5, 5.41) is 16.1. The number of rotatable bonds is 6. The number of pyridine rings is 1. The van der Waals surface area contributed by atoms with Crippen molar-refractivity contribution in [3.05, 3.63) is 78.2 Å². The molecule has 1 atom stereocenters. The van der Waals surface area contributed by atoms with Crippen LogP contribution in [0.1, 0.15) is 11.1 Å². The van der Waals surface area contributed by atoms with Gasteiger partial charge in [0.2, 0.25) is 0 Å². The third-order valence-corrected chi connectivity index (χ3v) is 5.51. The maximum Gasteiger partial charge on any atom is 0.278 e. The van der Waals surface area contributed by atoms with E-state index in [-0.39, 0.29) is 11.8 Å². The Hall–Kier alpha value is -4.17. The van der Waals surface area contributed by atoms with Gasteiger partial charge in [0.25, 0.3) is 5.91 Å². The van der Waals surface area contributed by atoms with Gasteiger partial charge in [-0.1, -0.05) is 29.4 Å². The van der Waals surface area contributed by atoms with Gasteiger partial charge in [-0.3, -0.25) is 9.78 Å². The average molecular weight is 427 g/mol. The highest BCUT2D eigenvalue weighted by Crippen LogP contribution is 2.30. The van der Waals surface area contributed by atoms with E-state index in [4.69, 9.17) is 15.7 Å². The highest BCUT2D eigenvalue weighted by Gasteiger charge is 2.27. The first-order chi connectivity index (χ1) is 15.6. The van der Waals surface area contributed by atoms with Crippen LogP contribution in [-0.2, 0) is 11.2 Å². The average Bonchev–Trinajstić information content (AvgIpc) is 3.37. The summed E-state index contributed by atoms with van der Waals surface area (Å²) in [4.78, 5) is 19.4. The minimum absolute atomic E-state index is 0.00883. The van der Waals surface area contributed by atoms with Crippen molar-refractivity contribution in [2.75, 3.05) is 11.9 Å². The quantitative estimate of drug-likeness (QED) is 0.277. The zero-order valence-corrected chi connectivity index (χ0v) is 17.1. The molecule has 0 aliphatic carbocycles. The molecule has 0 saturated carbocycles. The molecule has 8 nitrogen and oxygen atoms in total. The van der Waals surface area contributed by atoms with Crippen LogP contribution in [0.5, 0.6) is 5.75 Å². The predicted octanol–water partition coefficient (Wildman–Crippen LogP) is 3.31. The normalized spacial score (nSPS) is 15.0. The number of carbonyl (C=O) groups excluding carboxylic acids is 1. The van der Waals surface area contributed by atoms with E-state index >= 15 is 0 Å². The van der Waals surface area contributed by atoms with Gasteiger partial charge in [0.1, 0.15) is 12.4 Å². The number of amides is 1. The molecule has 0 bridgehead atoms. The number of nitrogens with one attached hydrogen (secondary N) is 2. The molecule has 160 valence electrons. The fourth-order valence-corrected chi connectivity index (χ4v) is 3.93. The molecule has 4 aromatic rings. The Kier molecular flexibility index (Phi) is 5.04. The van der Waals surface area contributed by atoms with E-state index < -0.39 is 5.91 Å². The Morgan fingerprint density at radius 2 is 2.00 bits per heavy atom. The van der Waals surface area contributed by atoms with Gasteiger partial charge in [0.05, 0.1) is 11.9 Å². The molecule has 5 rings (SSSR count). The van der Waals surface area contributed by atoms with Gasteiger partial charge in [0.15, 0.2) is 5.71 Å². The van der Waals surface area contributed by atoms with Gasteiger partial charge in [-0.15, -0.1) is 0 Å². The van der Waals surface area contributed by atoms with Gasteiger partial charge in [-0.05, 0) is 41.8 Å². The largest absolute Gasteiger partial charge is 0.490 e. The van der Waals surface area contributed by atoms with Crippen molar-refractivity contribution in [2.45, 2.75) is 12.5 Å². The fourth-order valence-electron chi connectivity index (χ4n) is 3.93. The standard InChI is InChI=1S/C24H21N5O3/c25-17(7-16-11-27-21-4-2-1-3-19(16)21)13-32-18-8-15(10-26-12-18)14-5-6-22-20(9-14)23(29-31)24(30)28-22/h1-6,8-12,17,27,31H,7,13,25H2,(H,28,29,30)/t17-/m1/s1. The predicted molar refractivity (Wildman–Crippen MR) is 122 cm³/mol. The summed E-state index contributed by atoms with van der Waals surface area (Å²) in [6.45, 7) is 0.342. The highest BCUT2D eigenvalue weighted by molar-refractivity contribution is 6.53. The molecule has 1 aliphatic heterocycles. The van der Waals surface area contributed by atoms with Crippen molar-refractivity contribution in [1.29, 1.82) is 0 Å². The topological polar surface area (TPSA) is 126 Å². The van der Waals surface area contributed by atoms with Crippen LogP contribution < -0.4 is 15.8 Å². The molecule has 32 heavy (non-hydrogen) atoms. The molecule has 8 heteroatoms. The Morgan fingerprint density at radius 3 is 2.88 bits per heavy atom. The van der Waals surface area contributed by atoms with E-state index in [2.05, 4.69) is 26.5 Å². The molecule has 2 aromatic carbocycles. The van der Waals surface area contributed by atoms with E-state index in [0.717, 1.165) is 22.2 Å². The smallest absolute Gasteiger partial charge is 0.278 e. The van der Waals surface area contributed by atoms with Gasteiger partial charge < -0.3 is 26.0 Å². The van der Waals surface area contributed by atoms with Gasteiger partial charge in [-0.25, -0.2) is 0 Å². The number of hydrogen-bond acceptors (Lipinski definition) is 6. The summed E-state index contributed by atoms with van der Waals surface area (Å²) < 4.78 is 5.91. The molecular weight excluding hydrogens is 406 g/mol. The third-order valence-electron chi connectivity index (χ3n) is 5.51. The molecule has 5 N–H and O–H groups in total. The molecule has 3 heterocycles. The summed E-state index contributed by atoms with van der Waals surface area (Å²) >= 11 is 0. The van der Waals surface area contributed by atoms with Crippen LogP contribution in [-0.4, -0.2) is 39.4 Å². The van der Waals surface area contributed by atoms with Crippen LogP contribution in [0, 0.1) is 0 Å². The first kappa shape index (κ1) is 19.8. The summed E-state index contributed by atoms with van der Waals surface area (Å²) in [7, 11) is 0. The summed E-state index contributed by atoms with van der Waals surface area (Å²) in [6, 6.07) is 15.2. The summed E-state index contributed by atoms with van der Waals surface area (Å²) in [5.41, 5.74) is 11.3. The number of H-pyrrole nitrogens is 1. The van der Waals surface area contributed by atoms with E-state index in [1.54, 1.807) is 24.5 Å². The minimum Gasteiger partial charge on any atom is -0.490 e. The maximum atomic E-state index is 11.9. The Bertz CT molecular complexity index is 1340. The van der Waals surface area contributed by atoms with Crippen LogP contribution in [0.3, 0.4) is 0 Å². The lowest BCUT2D eigenvalue weighted by atomic mass is 10.0. The molecule has 0 saturated heterocycles. The number of fused-ring (bicyclic) bond motifs is 2.